The third-order valence-corrected chi connectivity index (χ3v) is 8.66. The Morgan fingerprint density at radius 1 is 1.09 bits per heavy atom. The van der Waals surface area contributed by atoms with Gasteiger partial charge in [0.1, 0.15) is 17.5 Å². The average Bonchev–Trinajstić information content (AvgIpc) is 3.60. The van der Waals surface area contributed by atoms with Crippen molar-refractivity contribution in [2.45, 2.75) is 50.3 Å². The van der Waals surface area contributed by atoms with E-state index < -0.39 is 35.3 Å². The Labute approximate surface area is 268 Å². The van der Waals surface area contributed by atoms with Crippen LogP contribution in [0.2, 0.25) is 0 Å². The van der Waals surface area contributed by atoms with Crippen LogP contribution in [0.25, 0.3) is 10.9 Å². The summed E-state index contributed by atoms with van der Waals surface area (Å²) in [6.07, 6.45) is -1.20. The Bertz CT molecular complexity index is 1970. The predicted octanol–water partition coefficient (Wildman–Crippen LogP) is 4.98. The zero-order chi connectivity index (χ0) is 33.4. The number of hydrogen-bond donors (Lipinski definition) is 2. The van der Waals surface area contributed by atoms with E-state index in [0.717, 1.165) is 9.58 Å². The summed E-state index contributed by atoms with van der Waals surface area (Å²) in [6.45, 7) is 5.58. The van der Waals surface area contributed by atoms with Crippen LogP contribution in [-0.4, -0.2) is 82.0 Å². The number of amides is 2. The third-order valence-electron chi connectivity index (χ3n) is 8.66. The monoisotopic (exact) mass is 645 g/mol. The van der Waals surface area contributed by atoms with Gasteiger partial charge in [0.15, 0.2) is 17.4 Å². The molecule has 7 rings (SSSR count). The van der Waals surface area contributed by atoms with Crippen LogP contribution >= 0.6 is 0 Å². The van der Waals surface area contributed by atoms with Gasteiger partial charge in [0.2, 0.25) is 11.9 Å². The lowest BCUT2D eigenvalue weighted by Crippen LogP contribution is -2.49. The van der Waals surface area contributed by atoms with Gasteiger partial charge in [0.25, 0.3) is 0 Å². The van der Waals surface area contributed by atoms with Gasteiger partial charge in [-0.15, -0.1) is 5.10 Å². The normalized spacial score (nSPS) is 20.3. The first-order chi connectivity index (χ1) is 22.3. The first kappa shape index (κ1) is 30.2. The molecule has 14 nitrogen and oxygen atoms in total. The van der Waals surface area contributed by atoms with Crippen molar-refractivity contribution in [2.75, 3.05) is 42.4 Å². The molecule has 4 aromatic rings. The van der Waals surface area contributed by atoms with Crippen LogP contribution in [-0.2, 0) is 14.9 Å². The van der Waals surface area contributed by atoms with Crippen molar-refractivity contribution in [2.24, 2.45) is 0 Å². The van der Waals surface area contributed by atoms with Crippen LogP contribution in [0.4, 0.5) is 37.3 Å². The molecule has 2 amide bonds. The number of halogens is 1. The van der Waals surface area contributed by atoms with Crippen LogP contribution < -0.4 is 24.6 Å². The second kappa shape index (κ2) is 10.5. The molecule has 2 aromatic carbocycles. The Kier molecular flexibility index (Phi) is 6.77. The Balaban J connectivity index is 1.30. The summed E-state index contributed by atoms with van der Waals surface area (Å²) in [7, 11) is 2.97. The number of fused-ring (bicyclic) bond motifs is 3. The molecular weight excluding hydrogens is 613 g/mol. The third kappa shape index (κ3) is 4.84. The highest BCUT2D eigenvalue weighted by atomic mass is 19.1. The number of nitrogens with zero attached hydrogens (tertiary/aromatic N) is 6. The number of benzene rings is 2. The first-order valence-electron chi connectivity index (χ1n) is 14.9. The minimum atomic E-state index is -1.36. The topological polar surface area (TPSA) is 161 Å². The first-order valence-corrected chi connectivity index (χ1v) is 14.9. The fraction of sp³-hybridized carbons (Fsp3) is 0.375. The summed E-state index contributed by atoms with van der Waals surface area (Å²) in [5.74, 6) is 0.735. The summed E-state index contributed by atoms with van der Waals surface area (Å²) in [5.41, 5.74) is 0.0541. The van der Waals surface area contributed by atoms with Crippen LogP contribution in [0.3, 0.4) is 0 Å². The standard InChI is InChI=1S/C32H32FN7O7/c1-31(2,3)47-30(44)40-23-10-16(21-12-32(21)20-11-18(45-4)7-9-22(20)39(27(32)41)29(42)43)6-8-19(23)25(37-40)35-26-24(46-5)13-34-28(36-26)38-14-17(33)15-38/h6-11,13,17,21H,12,14-15H2,1-5H3,(H,42,43)(H,34,35,36,37)/t21-,32-/m0/s1. The maximum atomic E-state index is 13.7. The van der Waals surface area contributed by atoms with Gasteiger partial charge in [0.05, 0.1) is 50.1 Å². The number of carboxylic acid groups (broad SMARTS) is 1. The van der Waals surface area contributed by atoms with E-state index in [1.54, 1.807) is 56.0 Å². The molecule has 2 N–H and O–H groups in total. The zero-order valence-corrected chi connectivity index (χ0v) is 26.3. The highest BCUT2D eigenvalue weighted by Gasteiger charge is 2.68. The fourth-order valence-corrected chi connectivity index (χ4v) is 6.35. The summed E-state index contributed by atoms with van der Waals surface area (Å²) in [6, 6.07) is 10.3. The number of carbonyl (C=O) groups is 3. The van der Waals surface area contributed by atoms with Gasteiger partial charge >= 0.3 is 12.2 Å². The lowest BCUT2D eigenvalue weighted by Gasteiger charge is -2.34. The second-order valence-corrected chi connectivity index (χ2v) is 12.8. The SMILES string of the molecule is COc1ccc2c(c1)[C@]1(C[C@H]1c1ccc3c(Nc4nc(N5CC(F)C5)ncc4OC)nn(C(=O)OC(C)(C)C)c3c1)C(=O)N2C(=O)O. The van der Waals surface area contributed by atoms with Crippen molar-refractivity contribution in [3.8, 4) is 11.5 Å². The number of aromatic nitrogens is 4. The number of methoxy groups -OCH3 is 2. The number of hydrogen-bond acceptors (Lipinski definition) is 11. The maximum Gasteiger partial charge on any atom is 0.435 e. The van der Waals surface area contributed by atoms with E-state index in [0.29, 0.717) is 51.6 Å². The van der Waals surface area contributed by atoms with E-state index in [1.807, 2.05) is 6.07 Å². The molecule has 0 unspecified atom stereocenters. The van der Waals surface area contributed by atoms with Crippen molar-refractivity contribution >= 4 is 52.3 Å². The molecule has 2 aliphatic heterocycles. The number of carbonyl (C=O) groups excluding carboxylic acids is 2. The van der Waals surface area contributed by atoms with Crippen LogP contribution in [0, 0.1) is 0 Å². The highest BCUT2D eigenvalue weighted by Crippen LogP contribution is 2.67. The molecule has 244 valence electrons. The number of imide groups is 1. The minimum absolute atomic E-state index is 0.178. The van der Waals surface area contributed by atoms with E-state index in [1.165, 1.54) is 20.4 Å². The summed E-state index contributed by atoms with van der Waals surface area (Å²) in [4.78, 5) is 50.6. The molecule has 1 aliphatic carbocycles. The molecule has 2 atom stereocenters. The number of rotatable bonds is 6. The van der Waals surface area contributed by atoms with Gasteiger partial charge in [-0.05, 0) is 68.7 Å². The second-order valence-electron chi connectivity index (χ2n) is 12.8. The van der Waals surface area contributed by atoms with E-state index >= 15 is 0 Å². The lowest BCUT2D eigenvalue weighted by molar-refractivity contribution is -0.119. The Hall–Kier alpha value is -5.47. The maximum absolute atomic E-state index is 13.7. The molecular formula is C32H32FN7O7. The fourth-order valence-electron chi connectivity index (χ4n) is 6.35. The predicted molar refractivity (Wildman–Crippen MR) is 168 cm³/mol. The largest absolute Gasteiger partial charge is 0.497 e. The molecule has 2 aromatic heterocycles. The Morgan fingerprint density at radius 3 is 2.51 bits per heavy atom. The zero-order valence-electron chi connectivity index (χ0n) is 26.3. The number of ether oxygens (including phenoxy) is 3. The number of anilines is 4. The quantitative estimate of drug-likeness (QED) is 0.290. The van der Waals surface area contributed by atoms with Gasteiger partial charge in [-0.25, -0.2) is 23.9 Å². The average molecular weight is 646 g/mol. The molecule has 0 bridgehead atoms. The highest BCUT2D eigenvalue weighted by molar-refractivity contribution is 6.22. The minimum Gasteiger partial charge on any atom is -0.497 e. The molecule has 15 heteroatoms. The molecule has 1 saturated heterocycles. The van der Waals surface area contributed by atoms with Crippen LogP contribution in [0.1, 0.15) is 44.2 Å². The van der Waals surface area contributed by atoms with Gasteiger partial charge < -0.3 is 29.5 Å². The van der Waals surface area contributed by atoms with Gasteiger partial charge in [-0.2, -0.15) is 9.67 Å². The summed E-state index contributed by atoms with van der Waals surface area (Å²) < 4.78 is 31.2. The molecule has 3 aliphatic rings. The van der Waals surface area contributed by atoms with Crippen molar-refractivity contribution in [1.82, 2.24) is 19.7 Å². The molecule has 1 spiro atoms. The Morgan fingerprint density at radius 2 is 1.85 bits per heavy atom. The van der Waals surface area contributed by atoms with Crippen LogP contribution in [0.5, 0.6) is 11.5 Å². The summed E-state index contributed by atoms with van der Waals surface area (Å²) in [5, 5.41) is 18.2. The smallest absolute Gasteiger partial charge is 0.435 e. The van der Waals surface area contributed by atoms with E-state index in [9.17, 15) is 23.9 Å². The van der Waals surface area contributed by atoms with E-state index in [2.05, 4.69) is 20.4 Å². The molecule has 1 saturated carbocycles. The molecule has 0 radical (unpaired) electrons. The van der Waals surface area contributed by atoms with Crippen molar-refractivity contribution in [1.29, 1.82) is 0 Å². The molecule has 4 heterocycles. The molecule has 2 fully saturated rings. The summed E-state index contributed by atoms with van der Waals surface area (Å²) >= 11 is 0. The van der Waals surface area contributed by atoms with Crippen LogP contribution in [0.15, 0.2) is 42.6 Å². The van der Waals surface area contributed by atoms with Gasteiger partial charge in [0, 0.05) is 11.3 Å². The van der Waals surface area contributed by atoms with Gasteiger partial charge in [-0.1, -0.05) is 6.07 Å². The molecule has 47 heavy (non-hydrogen) atoms. The number of nitrogens with one attached hydrogen (secondary N) is 1. The van der Waals surface area contributed by atoms with E-state index in [-0.39, 0.29) is 30.6 Å². The lowest BCUT2D eigenvalue weighted by atomic mass is 9.91. The van der Waals surface area contributed by atoms with Crippen molar-refractivity contribution in [3.05, 3.63) is 53.7 Å². The van der Waals surface area contributed by atoms with Gasteiger partial charge in [-0.3, -0.25) is 4.79 Å². The van der Waals surface area contributed by atoms with E-state index in [4.69, 9.17) is 14.2 Å². The number of alkyl halides is 1. The van der Waals surface area contributed by atoms with Crippen molar-refractivity contribution in [3.63, 3.8) is 0 Å². The van der Waals surface area contributed by atoms with Crippen molar-refractivity contribution < 1.29 is 38.1 Å².